The number of nitrogens with zero attached hydrogens (tertiary/aromatic N) is 1. The number of hydrogen-bond donors (Lipinski definition) is 1. The Morgan fingerprint density at radius 3 is 1.84 bits per heavy atom. The maximum Gasteiger partial charge on any atom is 0.106 e. The molecule has 1 aromatic heterocycles. The topological polar surface area (TPSA) is 28.7 Å². The molecule has 0 spiro atoms. The van der Waals surface area contributed by atoms with Gasteiger partial charge in [0.15, 0.2) is 0 Å². The maximum atomic E-state index is 4.34. The number of unbranched alkanes of at least 4 members (excludes halogenated alkanes) is 10. The number of imidazole rings is 1. The smallest absolute Gasteiger partial charge is 0.106 e. The fraction of sp³-hybridized carbons (Fsp3) is 0.824. The minimum absolute atomic E-state index is 1.12. The first-order valence-electron chi connectivity index (χ1n) is 8.33. The lowest BCUT2D eigenvalue weighted by atomic mass is 10.1. The van der Waals surface area contributed by atoms with Crippen molar-refractivity contribution in [1.82, 2.24) is 9.97 Å². The van der Waals surface area contributed by atoms with Gasteiger partial charge in [-0.25, -0.2) is 4.98 Å². The molecule has 19 heavy (non-hydrogen) atoms. The molecule has 0 aromatic carbocycles. The van der Waals surface area contributed by atoms with E-state index in [9.17, 15) is 0 Å². The van der Waals surface area contributed by atoms with Crippen molar-refractivity contribution >= 4 is 0 Å². The lowest BCUT2D eigenvalue weighted by Gasteiger charge is -2.02. The summed E-state index contributed by atoms with van der Waals surface area (Å²) in [6.07, 6.45) is 18.5. The van der Waals surface area contributed by atoms with E-state index in [4.69, 9.17) is 0 Å². The molecule has 0 fully saturated rings. The van der Waals surface area contributed by atoms with E-state index in [-0.39, 0.29) is 0 Å². The lowest BCUT2D eigenvalue weighted by molar-refractivity contribution is 0.548. The Hall–Kier alpha value is -0.790. The van der Waals surface area contributed by atoms with Gasteiger partial charge >= 0.3 is 0 Å². The first kappa shape index (κ1) is 16.3. The molecule has 0 saturated carbocycles. The molecular formula is C17H32N2. The predicted octanol–water partition coefficient (Wildman–Crippen LogP) is 5.57. The third-order valence-corrected chi connectivity index (χ3v) is 3.77. The van der Waals surface area contributed by atoms with Crippen molar-refractivity contribution in [2.45, 2.75) is 90.9 Å². The Morgan fingerprint density at radius 1 is 0.842 bits per heavy atom. The summed E-state index contributed by atoms with van der Waals surface area (Å²) in [4.78, 5) is 7.64. The molecule has 0 aliphatic heterocycles. The molecule has 1 aromatic rings. The van der Waals surface area contributed by atoms with Crippen molar-refractivity contribution in [2.75, 3.05) is 0 Å². The van der Waals surface area contributed by atoms with Crippen LogP contribution >= 0.6 is 0 Å². The second kappa shape index (κ2) is 11.1. The van der Waals surface area contributed by atoms with Gasteiger partial charge in [0.2, 0.25) is 0 Å². The zero-order valence-corrected chi connectivity index (χ0v) is 13.0. The van der Waals surface area contributed by atoms with Crippen LogP contribution in [0.3, 0.4) is 0 Å². The normalized spacial score (nSPS) is 11.1. The van der Waals surface area contributed by atoms with Crippen molar-refractivity contribution in [3.8, 4) is 0 Å². The second-order valence-electron chi connectivity index (χ2n) is 5.80. The van der Waals surface area contributed by atoms with Crippen LogP contribution in [0.25, 0.3) is 0 Å². The Morgan fingerprint density at radius 2 is 1.37 bits per heavy atom. The summed E-state index contributed by atoms with van der Waals surface area (Å²) in [5.74, 6) is 1.16. The molecule has 110 valence electrons. The standard InChI is InChI=1S/C17H32N2/c1-3-4-5-6-7-8-9-10-11-12-13-14-17-18-15-16(2)19-17/h15H,3-14H2,1-2H3,(H,18,19). The van der Waals surface area contributed by atoms with Gasteiger partial charge in [0, 0.05) is 18.3 Å². The summed E-state index contributed by atoms with van der Waals surface area (Å²) in [5, 5.41) is 0. The molecule has 0 unspecified atom stereocenters. The largest absolute Gasteiger partial charge is 0.346 e. The van der Waals surface area contributed by atoms with Crippen LogP contribution in [-0.4, -0.2) is 9.97 Å². The zero-order chi connectivity index (χ0) is 13.8. The third kappa shape index (κ3) is 8.85. The van der Waals surface area contributed by atoms with Crippen LogP contribution in [0, 0.1) is 6.92 Å². The van der Waals surface area contributed by atoms with Crippen molar-refractivity contribution in [2.24, 2.45) is 0 Å². The molecule has 0 radical (unpaired) electrons. The van der Waals surface area contributed by atoms with Crippen molar-refractivity contribution < 1.29 is 0 Å². The SMILES string of the molecule is CCCCCCCCCCCCCc1ncc(C)[nH]1. The average Bonchev–Trinajstić information content (AvgIpc) is 2.82. The van der Waals surface area contributed by atoms with Crippen molar-refractivity contribution in [1.29, 1.82) is 0 Å². The molecule has 1 rings (SSSR count). The van der Waals surface area contributed by atoms with Crippen LogP contribution in [-0.2, 0) is 6.42 Å². The molecule has 0 saturated heterocycles. The van der Waals surface area contributed by atoms with Gasteiger partial charge in [-0.05, 0) is 13.3 Å². The summed E-state index contributed by atoms with van der Waals surface area (Å²) in [6.45, 7) is 4.35. The number of rotatable bonds is 12. The van der Waals surface area contributed by atoms with Gasteiger partial charge in [-0.3, -0.25) is 0 Å². The van der Waals surface area contributed by atoms with Gasteiger partial charge in [0.25, 0.3) is 0 Å². The van der Waals surface area contributed by atoms with Gasteiger partial charge in [-0.1, -0.05) is 71.1 Å². The monoisotopic (exact) mass is 264 g/mol. The molecule has 0 amide bonds. The highest BCUT2D eigenvalue weighted by Crippen LogP contribution is 2.12. The number of aryl methyl sites for hydroxylation is 2. The molecule has 1 N–H and O–H groups in total. The zero-order valence-electron chi connectivity index (χ0n) is 13.0. The van der Waals surface area contributed by atoms with E-state index in [1.807, 2.05) is 6.20 Å². The van der Waals surface area contributed by atoms with E-state index < -0.39 is 0 Å². The molecule has 0 aliphatic carbocycles. The number of hydrogen-bond acceptors (Lipinski definition) is 1. The van der Waals surface area contributed by atoms with Crippen LogP contribution in [0.15, 0.2) is 6.20 Å². The lowest BCUT2D eigenvalue weighted by Crippen LogP contribution is -1.89. The molecule has 2 heteroatoms. The summed E-state index contributed by atoms with van der Waals surface area (Å²) in [5.41, 5.74) is 1.18. The fourth-order valence-electron chi connectivity index (χ4n) is 2.55. The first-order valence-corrected chi connectivity index (χ1v) is 8.33. The maximum absolute atomic E-state index is 4.34. The van der Waals surface area contributed by atoms with Crippen LogP contribution < -0.4 is 0 Å². The van der Waals surface area contributed by atoms with Crippen LogP contribution in [0.4, 0.5) is 0 Å². The summed E-state index contributed by atoms with van der Waals surface area (Å²) in [6, 6.07) is 0. The van der Waals surface area contributed by atoms with E-state index in [0.29, 0.717) is 0 Å². The van der Waals surface area contributed by atoms with E-state index in [0.717, 1.165) is 12.2 Å². The van der Waals surface area contributed by atoms with Gasteiger partial charge < -0.3 is 4.98 Å². The summed E-state index contributed by atoms with van der Waals surface area (Å²) in [7, 11) is 0. The molecule has 2 nitrogen and oxygen atoms in total. The van der Waals surface area contributed by atoms with Crippen molar-refractivity contribution in [3.63, 3.8) is 0 Å². The van der Waals surface area contributed by atoms with E-state index in [1.165, 1.54) is 76.3 Å². The Kier molecular flexibility index (Phi) is 9.48. The number of aromatic nitrogens is 2. The average molecular weight is 264 g/mol. The Balaban J connectivity index is 1.79. The fourth-order valence-corrected chi connectivity index (χ4v) is 2.55. The summed E-state index contributed by atoms with van der Waals surface area (Å²) >= 11 is 0. The van der Waals surface area contributed by atoms with Gasteiger partial charge in [-0.2, -0.15) is 0 Å². The van der Waals surface area contributed by atoms with Crippen LogP contribution in [0.1, 0.15) is 89.1 Å². The quantitative estimate of drug-likeness (QED) is 0.491. The molecule has 0 aliphatic rings. The third-order valence-electron chi connectivity index (χ3n) is 3.77. The van der Waals surface area contributed by atoms with Crippen LogP contribution in [0.2, 0.25) is 0 Å². The predicted molar refractivity (Wildman–Crippen MR) is 83.5 cm³/mol. The highest BCUT2D eigenvalue weighted by molar-refractivity contribution is 4.98. The van der Waals surface area contributed by atoms with Crippen molar-refractivity contribution in [3.05, 3.63) is 17.7 Å². The first-order chi connectivity index (χ1) is 9.33. The molecule has 0 atom stereocenters. The molecule has 1 heterocycles. The molecular weight excluding hydrogens is 232 g/mol. The highest BCUT2D eigenvalue weighted by atomic mass is 14.9. The van der Waals surface area contributed by atoms with E-state index in [1.54, 1.807) is 0 Å². The summed E-state index contributed by atoms with van der Waals surface area (Å²) < 4.78 is 0. The minimum atomic E-state index is 1.12. The van der Waals surface area contributed by atoms with Crippen LogP contribution in [0.5, 0.6) is 0 Å². The minimum Gasteiger partial charge on any atom is -0.346 e. The second-order valence-corrected chi connectivity index (χ2v) is 5.80. The van der Waals surface area contributed by atoms with E-state index in [2.05, 4.69) is 23.8 Å². The highest BCUT2D eigenvalue weighted by Gasteiger charge is 1.97. The Bertz CT molecular complexity index is 304. The van der Waals surface area contributed by atoms with E-state index >= 15 is 0 Å². The number of H-pyrrole nitrogens is 1. The number of aromatic amines is 1. The van der Waals surface area contributed by atoms with Gasteiger partial charge in [0.05, 0.1) is 0 Å². The number of nitrogens with one attached hydrogen (secondary N) is 1. The van der Waals surface area contributed by atoms with Gasteiger partial charge in [-0.15, -0.1) is 0 Å². The van der Waals surface area contributed by atoms with Gasteiger partial charge in [0.1, 0.15) is 5.82 Å². The Labute approximate surface area is 119 Å². The molecule has 0 bridgehead atoms.